The van der Waals surface area contributed by atoms with Crippen molar-refractivity contribution in [3.8, 4) is 11.5 Å². The van der Waals surface area contributed by atoms with Crippen molar-refractivity contribution in [3.63, 3.8) is 0 Å². The van der Waals surface area contributed by atoms with E-state index in [9.17, 15) is 0 Å². The van der Waals surface area contributed by atoms with E-state index < -0.39 is 7.92 Å². The molecular weight excluding hydrogens is 379 g/mol. The van der Waals surface area contributed by atoms with E-state index in [1.165, 1.54) is 10.6 Å². The Morgan fingerprint density at radius 2 is 1.00 bits per heavy atom. The van der Waals surface area contributed by atoms with E-state index >= 15 is 0 Å². The summed E-state index contributed by atoms with van der Waals surface area (Å²) in [5.41, 5.74) is 0. The van der Waals surface area contributed by atoms with Gasteiger partial charge in [0.05, 0.1) is 0 Å². The second-order valence-corrected chi connectivity index (χ2v) is 11.8. The Hall–Kier alpha value is -1.61. The monoisotopic (exact) mass is 416 g/mol. The number of likely N-dealkylation sites (N-methyl/N-ethyl adjacent to an activating group) is 2. The Morgan fingerprint density at radius 1 is 0.655 bits per heavy atom. The zero-order valence-corrected chi connectivity index (χ0v) is 20.0. The van der Waals surface area contributed by atoms with Gasteiger partial charge >= 0.3 is 0 Å². The van der Waals surface area contributed by atoms with Crippen LogP contribution in [0.5, 0.6) is 11.5 Å². The molecule has 0 aromatic heterocycles. The van der Waals surface area contributed by atoms with Crippen LogP contribution in [0.15, 0.2) is 48.5 Å². The first kappa shape index (κ1) is 23.7. The second-order valence-electron chi connectivity index (χ2n) is 8.80. The largest absolute Gasteiger partial charge is 0.492 e. The van der Waals surface area contributed by atoms with Crippen LogP contribution in [0.25, 0.3) is 0 Å². The zero-order chi connectivity index (χ0) is 21.4. The summed E-state index contributed by atoms with van der Waals surface area (Å²) in [6, 6.07) is 17.3. The van der Waals surface area contributed by atoms with E-state index in [0.29, 0.717) is 13.2 Å². The van der Waals surface area contributed by atoms with Gasteiger partial charge in [0.2, 0.25) is 0 Å². The van der Waals surface area contributed by atoms with Gasteiger partial charge in [-0.3, -0.25) is 0 Å². The molecule has 0 aliphatic heterocycles. The molecule has 0 amide bonds. The van der Waals surface area contributed by atoms with E-state index in [-0.39, 0.29) is 5.16 Å². The van der Waals surface area contributed by atoms with Gasteiger partial charge in [-0.25, -0.2) is 0 Å². The summed E-state index contributed by atoms with van der Waals surface area (Å²) in [6.45, 7) is 10.2. The molecule has 0 spiro atoms. The van der Waals surface area contributed by atoms with E-state index in [2.05, 4.69) is 107 Å². The quantitative estimate of drug-likeness (QED) is 0.550. The molecule has 29 heavy (non-hydrogen) atoms. The van der Waals surface area contributed by atoms with Crippen LogP contribution >= 0.6 is 7.92 Å². The van der Waals surface area contributed by atoms with Crippen LogP contribution in [-0.4, -0.2) is 69.4 Å². The van der Waals surface area contributed by atoms with Gasteiger partial charge in [-0.1, -0.05) is 45.0 Å². The Bertz CT molecular complexity index is 665. The normalized spacial score (nSPS) is 12.1. The van der Waals surface area contributed by atoms with Gasteiger partial charge in [-0.05, 0) is 76.1 Å². The summed E-state index contributed by atoms with van der Waals surface area (Å²) in [6.07, 6.45) is 0. The van der Waals surface area contributed by atoms with Crippen molar-refractivity contribution < 1.29 is 9.47 Å². The van der Waals surface area contributed by atoms with Crippen molar-refractivity contribution in [1.29, 1.82) is 0 Å². The Kier molecular flexibility index (Phi) is 8.95. The predicted octanol–water partition coefficient (Wildman–Crippen LogP) is 3.80. The fourth-order valence-electron chi connectivity index (χ4n) is 3.00. The van der Waals surface area contributed by atoms with Crippen molar-refractivity contribution in [3.05, 3.63) is 48.5 Å². The molecule has 0 saturated carbocycles. The molecular formula is C24H37N2O2P. The van der Waals surface area contributed by atoms with Crippen LogP contribution in [0, 0.1) is 0 Å². The maximum Gasteiger partial charge on any atom is 0.119 e. The fraction of sp³-hybridized carbons (Fsp3) is 0.500. The molecule has 0 atom stereocenters. The SMILES string of the molecule is CN(C)CCOc1ccc(P(c2ccc(OCCN(C)C)cc2)C(C)(C)C)cc1. The summed E-state index contributed by atoms with van der Waals surface area (Å²) in [5, 5.41) is 2.90. The highest BCUT2D eigenvalue weighted by Gasteiger charge is 2.27. The lowest BCUT2D eigenvalue weighted by molar-refractivity contribution is 0.261. The van der Waals surface area contributed by atoms with Gasteiger partial charge in [0.25, 0.3) is 0 Å². The number of hydrogen-bond donors (Lipinski definition) is 0. The highest BCUT2D eigenvalue weighted by molar-refractivity contribution is 7.74. The summed E-state index contributed by atoms with van der Waals surface area (Å²) in [7, 11) is 7.74. The number of rotatable bonds is 10. The lowest BCUT2D eigenvalue weighted by atomic mass is 10.2. The molecule has 0 aliphatic carbocycles. The molecule has 0 unspecified atom stereocenters. The topological polar surface area (TPSA) is 24.9 Å². The van der Waals surface area contributed by atoms with Gasteiger partial charge in [0.15, 0.2) is 0 Å². The molecule has 2 aromatic rings. The molecule has 0 N–H and O–H groups in total. The highest BCUT2D eigenvalue weighted by Crippen LogP contribution is 2.47. The van der Waals surface area contributed by atoms with Crippen molar-refractivity contribution in [1.82, 2.24) is 9.80 Å². The average Bonchev–Trinajstić information content (AvgIpc) is 2.63. The highest BCUT2D eigenvalue weighted by atomic mass is 31.1. The summed E-state index contributed by atoms with van der Waals surface area (Å²) in [5.74, 6) is 1.87. The molecule has 0 heterocycles. The van der Waals surface area contributed by atoms with Crippen molar-refractivity contribution in [2.75, 3.05) is 54.5 Å². The standard InChI is InChI=1S/C24H37N2O2P/c1-24(2,3)29(22-12-8-20(9-13-22)27-18-16-25(4)5)23-14-10-21(11-15-23)28-19-17-26(6)7/h8-15H,16-19H2,1-7H3. The molecule has 4 nitrogen and oxygen atoms in total. The van der Waals surface area contributed by atoms with Crippen molar-refractivity contribution in [2.24, 2.45) is 0 Å². The number of ether oxygens (including phenoxy) is 2. The predicted molar refractivity (Wildman–Crippen MR) is 127 cm³/mol. The van der Waals surface area contributed by atoms with Crippen LogP contribution in [0.3, 0.4) is 0 Å². The van der Waals surface area contributed by atoms with Crippen molar-refractivity contribution >= 4 is 18.5 Å². The van der Waals surface area contributed by atoms with Crippen LogP contribution in [0.2, 0.25) is 0 Å². The zero-order valence-electron chi connectivity index (χ0n) is 19.1. The van der Waals surface area contributed by atoms with E-state index in [4.69, 9.17) is 9.47 Å². The number of hydrogen-bond acceptors (Lipinski definition) is 4. The molecule has 2 aromatic carbocycles. The van der Waals surface area contributed by atoms with E-state index in [0.717, 1.165) is 24.6 Å². The molecule has 0 fully saturated rings. The van der Waals surface area contributed by atoms with Crippen LogP contribution < -0.4 is 20.1 Å². The Morgan fingerprint density at radius 3 is 1.28 bits per heavy atom. The third-order valence-electron chi connectivity index (χ3n) is 4.48. The van der Waals surface area contributed by atoms with Crippen molar-refractivity contribution in [2.45, 2.75) is 25.9 Å². The molecule has 160 valence electrons. The van der Waals surface area contributed by atoms with E-state index in [1.807, 2.05) is 0 Å². The molecule has 5 heteroatoms. The first-order valence-electron chi connectivity index (χ1n) is 10.2. The molecule has 0 aliphatic rings. The molecule has 2 rings (SSSR count). The maximum atomic E-state index is 5.86. The minimum Gasteiger partial charge on any atom is -0.492 e. The average molecular weight is 417 g/mol. The maximum absolute atomic E-state index is 5.86. The summed E-state index contributed by atoms with van der Waals surface area (Å²) >= 11 is 0. The lowest BCUT2D eigenvalue weighted by Gasteiger charge is -2.32. The van der Waals surface area contributed by atoms with E-state index in [1.54, 1.807) is 0 Å². The minimum absolute atomic E-state index is 0.163. The van der Waals surface area contributed by atoms with Gasteiger partial charge in [0, 0.05) is 13.1 Å². The van der Waals surface area contributed by atoms with Gasteiger partial charge in [-0.15, -0.1) is 0 Å². The van der Waals surface area contributed by atoms with Crippen LogP contribution in [0.4, 0.5) is 0 Å². The Labute approximate surface area is 178 Å². The third kappa shape index (κ3) is 7.97. The summed E-state index contributed by atoms with van der Waals surface area (Å²) < 4.78 is 11.7. The number of nitrogens with zero attached hydrogens (tertiary/aromatic N) is 2. The van der Waals surface area contributed by atoms with Gasteiger partial charge in [-0.2, -0.15) is 0 Å². The fourth-order valence-corrected chi connectivity index (χ4v) is 5.74. The lowest BCUT2D eigenvalue weighted by Crippen LogP contribution is -2.26. The van der Waals surface area contributed by atoms with Gasteiger partial charge in [0.1, 0.15) is 24.7 Å². The molecule has 0 saturated heterocycles. The first-order valence-corrected chi connectivity index (χ1v) is 11.6. The number of benzene rings is 2. The first-order chi connectivity index (χ1) is 13.7. The second kappa shape index (κ2) is 11.0. The van der Waals surface area contributed by atoms with Crippen LogP contribution in [0.1, 0.15) is 20.8 Å². The third-order valence-corrected chi connectivity index (χ3v) is 7.45. The Balaban J connectivity index is 2.11. The van der Waals surface area contributed by atoms with Crippen LogP contribution in [-0.2, 0) is 0 Å². The molecule has 0 bridgehead atoms. The molecule has 0 radical (unpaired) electrons. The van der Waals surface area contributed by atoms with Gasteiger partial charge < -0.3 is 19.3 Å². The minimum atomic E-state index is -0.491. The smallest absolute Gasteiger partial charge is 0.119 e. The summed E-state index contributed by atoms with van der Waals surface area (Å²) in [4.78, 5) is 4.25.